The van der Waals surface area contributed by atoms with Gasteiger partial charge in [0.1, 0.15) is 19.0 Å². The fourth-order valence-electron chi connectivity index (χ4n) is 2.78. The van der Waals surface area contributed by atoms with Gasteiger partial charge >= 0.3 is 0 Å². The molecule has 2 aromatic heterocycles. The summed E-state index contributed by atoms with van der Waals surface area (Å²) in [7, 11) is 0. The second-order valence-electron chi connectivity index (χ2n) is 5.28. The molecule has 0 radical (unpaired) electrons. The second kappa shape index (κ2) is 6.18. The van der Waals surface area contributed by atoms with Crippen LogP contribution in [0.5, 0.6) is 5.75 Å². The van der Waals surface area contributed by atoms with Gasteiger partial charge in [0.25, 0.3) is 0 Å². The molecule has 5 heteroatoms. The van der Waals surface area contributed by atoms with E-state index in [1.807, 2.05) is 12.1 Å². The maximum absolute atomic E-state index is 11.9. The van der Waals surface area contributed by atoms with Crippen LogP contribution in [0, 0.1) is 0 Å². The number of aromatic nitrogens is 1. The highest BCUT2D eigenvalue weighted by Gasteiger charge is 2.11. The van der Waals surface area contributed by atoms with Crippen LogP contribution in [0.1, 0.15) is 0 Å². The van der Waals surface area contributed by atoms with Gasteiger partial charge in [-0.1, -0.05) is 18.2 Å². The van der Waals surface area contributed by atoms with E-state index in [9.17, 15) is 4.39 Å². The van der Waals surface area contributed by atoms with E-state index < -0.39 is 6.67 Å². The third-order valence-electron chi connectivity index (χ3n) is 3.81. The van der Waals surface area contributed by atoms with E-state index in [0.717, 1.165) is 11.3 Å². The van der Waals surface area contributed by atoms with E-state index in [1.54, 1.807) is 11.3 Å². The van der Waals surface area contributed by atoms with Gasteiger partial charge in [0.05, 0.1) is 28.9 Å². The summed E-state index contributed by atoms with van der Waals surface area (Å²) in [6.07, 6.45) is 0. The highest BCUT2D eigenvalue weighted by molar-refractivity contribution is 7.26. The van der Waals surface area contributed by atoms with Crippen molar-refractivity contribution in [2.75, 3.05) is 26.5 Å². The van der Waals surface area contributed by atoms with E-state index in [1.165, 1.54) is 25.7 Å². The van der Waals surface area contributed by atoms with Crippen LogP contribution in [-0.2, 0) is 4.74 Å². The number of nitrogens with one attached hydrogen (secondary N) is 1. The summed E-state index contributed by atoms with van der Waals surface area (Å²) in [4.78, 5) is 3.50. The lowest BCUT2D eigenvalue weighted by molar-refractivity contribution is 0.0897. The van der Waals surface area contributed by atoms with Gasteiger partial charge in [-0.3, -0.25) is 0 Å². The number of ether oxygens (including phenoxy) is 2. The predicted molar refractivity (Wildman–Crippen MR) is 93.5 cm³/mol. The monoisotopic (exact) mass is 329 g/mol. The first-order valence-corrected chi connectivity index (χ1v) is 8.38. The molecule has 0 spiro atoms. The number of alkyl halides is 1. The molecule has 0 aliphatic rings. The number of aromatic amines is 1. The molecule has 0 aliphatic carbocycles. The minimum absolute atomic E-state index is 0.127. The molecule has 0 aliphatic heterocycles. The third-order valence-corrected chi connectivity index (χ3v) is 5.01. The Labute approximate surface area is 136 Å². The molecule has 0 saturated carbocycles. The molecule has 0 atom stereocenters. The molecule has 0 saturated heterocycles. The van der Waals surface area contributed by atoms with Gasteiger partial charge in [-0.25, -0.2) is 4.39 Å². The minimum atomic E-state index is -0.459. The van der Waals surface area contributed by atoms with E-state index in [0.29, 0.717) is 13.2 Å². The normalized spacial score (nSPS) is 11.7. The van der Waals surface area contributed by atoms with Crippen LogP contribution in [0.25, 0.3) is 31.2 Å². The summed E-state index contributed by atoms with van der Waals surface area (Å²) in [6.45, 7) is 0.484. The van der Waals surface area contributed by atoms with Gasteiger partial charge in [-0.2, -0.15) is 0 Å². The van der Waals surface area contributed by atoms with Crippen LogP contribution < -0.4 is 4.74 Å². The Kier molecular flexibility index (Phi) is 3.89. The van der Waals surface area contributed by atoms with Crippen molar-refractivity contribution in [2.24, 2.45) is 0 Å². The van der Waals surface area contributed by atoms with Crippen molar-refractivity contribution in [2.45, 2.75) is 0 Å². The zero-order chi connectivity index (χ0) is 15.6. The Hall–Kier alpha value is -2.11. The van der Waals surface area contributed by atoms with Crippen molar-refractivity contribution in [3.8, 4) is 5.75 Å². The maximum Gasteiger partial charge on any atom is 0.121 e. The summed E-state index contributed by atoms with van der Waals surface area (Å²) < 4.78 is 25.2. The second-order valence-corrected chi connectivity index (χ2v) is 6.34. The predicted octanol–water partition coefficient (Wildman–Crippen LogP) is 4.90. The molecule has 2 heterocycles. The van der Waals surface area contributed by atoms with Gasteiger partial charge in [-0.05, 0) is 18.2 Å². The topological polar surface area (TPSA) is 34.2 Å². The molecule has 4 aromatic rings. The molecule has 4 rings (SSSR count). The third kappa shape index (κ3) is 2.66. The molecule has 0 unspecified atom stereocenters. The summed E-state index contributed by atoms with van der Waals surface area (Å²) >= 11 is 1.80. The van der Waals surface area contributed by atoms with Crippen molar-refractivity contribution in [1.82, 2.24) is 4.98 Å². The van der Waals surface area contributed by atoms with Crippen LogP contribution in [0.4, 0.5) is 4.39 Å². The quantitative estimate of drug-likeness (QED) is 0.511. The van der Waals surface area contributed by atoms with Gasteiger partial charge < -0.3 is 14.5 Å². The summed E-state index contributed by atoms with van der Waals surface area (Å²) in [6, 6.07) is 14.5. The Bertz CT molecular complexity index is 960. The highest BCUT2D eigenvalue weighted by atomic mass is 32.1. The van der Waals surface area contributed by atoms with Crippen molar-refractivity contribution in [1.29, 1.82) is 0 Å². The fraction of sp³-hybridized carbons (Fsp3) is 0.222. The van der Waals surface area contributed by atoms with Crippen molar-refractivity contribution < 1.29 is 13.9 Å². The SMILES string of the molecule is FCCOCCOc1ccc2c(c1)[nH]c1c3ccccc3sc21. The lowest BCUT2D eigenvalue weighted by atomic mass is 10.2. The standard InChI is InChI=1S/C18H16FNO2S/c19-7-8-21-9-10-22-12-5-6-13-15(11-12)20-17-14-3-1-2-4-16(14)23-18(13)17/h1-6,11,20H,7-10H2. The molecule has 3 nitrogen and oxygen atoms in total. The largest absolute Gasteiger partial charge is 0.491 e. The molecule has 23 heavy (non-hydrogen) atoms. The maximum atomic E-state index is 11.9. The van der Waals surface area contributed by atoms with Crippen molar-refractivity contribution >= 4 is 42.5 Å². The Balaban J connectivity index is 1.63. The van der Waals surface area contributed by atoms with Crippen molar-refractivity contribution in [3.63, 3.8) is 0 Å². The van der Waals surface area contributed by atoms with Gasteiger partial charge in [0.2, 0.25) is 0 Å². The Morgan fingerprint density at radius 1 is 1.00 bits per heavy atom. The van der Waals surface area contributed by atoms with Crippen LogP contribution in [0.2, 0.25) is 0 Å². The van der Waals surface area contributed by atoms with E-state index in [4.69, 9.17) is 9.47 Å². The number of benzene rings is 2. The molecular weight excluding hydrogens is 313 g/mol. The fourth-order valence-corrected chi connectivity index (χ4v) is 3.98. The van der Waals surface area contributed by atoms with Crippen LogP contribution in [0.15, 0.2) is 42.5 Å². The number of thiophene rings is 1. The zero-order valence-electron chi connectivity index (χ0n) is 12.5. The molecule has 0 amide bonds. The first-order valence-electron chi connectivity index (χ1n) is 7.56. The number of halogens is 1. The molecule has 0 bridgehead atoms. The summed E-state index contributed by atoms with van der Waals surface area (Å²) in [5.74, 6) is 0.791. The average molecular weight is 329 g/mol. The first-order chi connectivity index (χ1) is 11.4. The number of rotatable bonds is 6. The number of hydrogen-bond donors (Lipinski definition) is 1. The Morgan fingerprint density at radius 2 is 1.91 bits per heavy atom. The Morgan fingerprint density at radius 3 is 2.83 bits per heavy atom. The van der Waals surface area contributed by atoms with E-state index >= 15 is 0 Å². The summed E-state index contributed by atoms with van der Waals surface area (Å²) in [5, 5.41) is 2.47. The number of hydrogen-bond acceptors (Lipinski definition) is 3. The van der Waals surface area contributed by atoms with Crippen molar-refractivity contribution in [3.05, 3.63) is 42.5 Å². The number of fused-ring (bicyclic) bond motifs is 5. The molecular formula is C18H16FNO2S. The summed E-state index contributed by atoms with van der Waals surface area (Å²) in [5.41, 5.74) is 2.25. The highest BCUT2D eigenvalue weighted by Crippen LogP contribution is 2.39. The average Bonchev–Trinajstić information content (AvgIpc) is 3.10. The van der Waals surface area contributed by atoms with Crippen LogP contribution >= 0.6 is 11.3 Å². The lowest BCUT2D eigenvalue weighted by Gasteiger charge is -2.06. The van der Waals surface area contributed by atoms with Gasteiger partial charge in [0.15, 0.2) is 0 Å². The molecule has 1 N–H and O–H groups in total. The number of H-pyrrole nitrogens is 1. The molecule has 0 fully saturated rings. The van der Waals surface area contributed by atoms with Crippen LogP contribution in [0.3, 0.4) is 0 Å². The smallest absolute Gasteiger partial charge is 0.121 e. The zero-order valence-corrected chi connectivity index (χ0v) is 13.3. The van der Waals surface area contributed by atoms with E-state index in [-0.39, 0.29) is 6.61 Å². The lowest BCUT2D eigenvalue weighted by Crippen LogP contribution is -2.08. The molecule has 118 valence electrons. The minimum Gasteiger partial charge on any atom is -0.491 e. The van der Waals surface area contributed by atoms with Gasteiger partial charge in [-0.15, -0.1) is 11.3 Å². The van der Waals surface area contributed by atoms with E-state index in [2.05, 4.69) is 35.3 Å². The van der Waals surface area contributed by atoms with Crippen LogP contribution in [-0.4, -0.2) is 31.5 Å². The first kappa shape index (κ1) is 14.5. The molecule has 2 aromatic carbocycles. The van der Waals surface area contributed by atoms with Gasteiger partial charge in [0, 0.05) is 21.5 Å².